The van der Waals surface area contributed by atoms with Crippen molar-refractivity contribution in [3.8, 4) is 0 Å². The van der Waals surface area contributed by atoms with Crippen molar-refractivity contribution in [2.75, 3.05) is 18.2 Å². The van der Waals surface area contributed by atoms with E-state index in [-0.39, 0.29) is 5.02 Å². The monoisotopic (exact) mass is 326 g/mol. The first-order valence-corrected chi connectivity index (χ1v) is 7.28. The molecule has 0 spiro atoms. The van der Waals surface area contributed by atoms with Crippen molar-refractivity contribution in [1.29, 1.82) is 0 Å². The molecule has 0 amide bonds. The fourth-order valence-corrected chi connectivity index (χ4v) is 2.70. The first kappa shape index (κ1) is 14.3. The molecule has 3 rings (SSSR count). The van der Waals surface area contributed by atoms with Gasteiger partial charge in [-0.2, -0.15) is 0 Å². The average Bonchev–Trinajstić information content (AvgIpc) is 2.97. The van der Waals surface area contributed by atoms with E-state index in [1.165, 1.54) is 11.0 Å². The largest absolute Gasteiger partial charge is 0.463 e. The summed E-state index contributed by atoms with van der Waals surface area (Å²) in [5.41, 5.74) is 0.774. The van der Waals surface area contributed by atoms with Gasteiger partial charge in [0.05, 0.1) is 17.0 Å². The molecule has 21 heavy (non-hydrogen) atoms. The zero-order valence-corrected chi connectivity index (χ0v) is 12.7. The van der Waals surface area contributed by atoms with Crippen LogP contribution >= 0.6 is 23.8 Å². The Labute approximate surface area is 132 Å². The summed E-state index contributed by atoms with van der Waals surface area (Å²) in [4.78, 5) is 3.14. The van der Waals surface area contributed by atoms with Crippen molar-refractivity contribution in [3.05, 3.63) is 53.2 Å². The molecule has 1 atom stereocenters. The lowest BCUT2D eigenvalue weighted by molar-refractivity contribution is -0.917. The van der Waals surface area contributed by atoms with Gasteiger partial charge in [0.15, 0.2) is 24.2 Å². The molecule has 7 heteroatoms. The SMILES string of the molecule is Fc1ccc(N2C[NH+](Cc3ccco3)CNC2=S)cc1Cl. The minimum absolute atomic E-state index is 0.0912. The number of nitrogens with zero attached hydrogens (tertiary/aromatic N) is 1. The number of benzene rings is 1. The number of hydrogen-bond acceptors (Lipinski definition) is 2. The molecule has 1 aliphatic rings. The Morgan fingerprint density at radius 2 is 2.29 bits per heavy atom. The molecule has 1 aromatic carbocycles. The summed E-state index contributed by atoms with van der Waals surface area (Å²) in [5.74, 6) is 0.479. The third kappa shape index (κ3) is 3.18. The first-order valence-electron chi connectivity index (χ1n) is 6.50. The second-order valence-electron chi connectivity index (χ2n) is 4.85. The maximum Gasteiger partial charge on any atom is 0.182 e. The minimum Gasteiger partial charge on any atom is -0.463 e. The minimum atomic E-state index is -0.434. The molecular weight excluding hydrogens is 313 g/mol. The van der Waals surface area contributed by atoms with Crippen LogP contribution in [0.15, 0.2) is 41.0 Å². The van der Waals surface area contributed by atoms with Crippen LogP contribution in [0.1, 0.15) is 5.76 Å². The van der Waals surface area contributed by atoms with Crippen LogP contribution in [0.4, 0.5) is 10.1 Å². The third-order valence-electron chi connectivity index (χ3n) is 3.34. The van der Waals surface area contributed by atoms with Gasteiger partial charge in [-0.05, 0) is 42.5 Å². The number of nitrogens with one attached hydrogen (secondary N) is 2. The number of furan rings is 1. The summed E-state index contributed by atoms with van der Waals surface area (Å²) in [7, 11) is 0. The van der Waals surface area contributed by atoms with Crippen molar-refractivity contribution in [3.63, 3.8) is 0 Å². The van der Waals surface area contributed by atoms with Gasteiger partial charge in [0.1, 0.15) is 12.4 Å². The fraction of sp³-hybridized carbons (Fsp3) is 0.214. The normalized spacial score (nSPS) is 18.7. The van der Waals surface area contributed by atoms with Gasteiger partial charge in [-0.1, -0.05) is 11.6 Å². The van der Waals surface area contributed by atoms with Crippen LogP contribution in [-0.4, -0.2) is 18.4 Å². The molecule has 1 saturated heterocycles. The van der Waals surface area contributed by atoms with Gasteiger partial charge in [-0.25, -0.2) is 4.39 Å². The van der Waals surface area contributed by atoms with Crippen LogP contribution in [0.25, 0.3) is 0 Å². The van der Waals surface area contributed by atoms with Crippen molar-refractivity contribution in [2.45, 2.75) is 6.54 Å². The summed E-state index contributed by atoms with van der Waals surface area (Å²) in [6.07, 6.45) is 1.66. The molecule has 2 heterocycles. The van der Waals surface area contributed by atoms with Gasteiger partial charge >= 0.3 is 0 Å². The number of halogens is 2. The third-order valence-corrected chi connectivity index (χ3v) is 3.99. The lowest BCUT2D eigenvalue weighted by atomic mass is 10.3. The number of quaternary nitrogens is 1. The number of hydrogen-bond donors (Lipinski definition) is 2. The second kappa shape index (κ2) is 6.01. The van der Waals surface area contributed by atoms with Crippen LogP contribution < -0.4 is 15.1 Å². The average molecular weight is 327 g/mol. The highest BCUT2D eigenvalue weighted by molar-refractivity contribution is 7.80. The van der Waals surface area contributed by atoms with E-state index in [2.05, 4.69) is 5.32 Å². The highest BCUT2D eigenvalue weighted by atomic mass is 35.5. The number of anilines is 1. The Balaban J connectivity index is 1.76. The summed E-state index contributed by atoms with van der Waals surface area (Å²) < 4.78 is 18.6. The predicted octanol–water partition coefficient (Wildman–Crippen LogP) is 1.77. The van der Waals surface area contributed by atoms with Gasteiger partial charge in [0.25, 0.3) is 0 Å². The van der Waals surface area contributed by atoms with Crippen LogP contribution in [0.5, 0.6) is 0 Å². The van der Waals surface area contributed by atoms with E-state index < -0.39 is 5.82 Å². The van der Waals surface area contributed by atoms with Crippen molar-refractivity contribution >= 4 is 34.6 Å². The summed E-state index contributed by atoms with van der Waals surface area (Å²) >= 11 is 11.2. The predicted molar refractivity (Wildman–Crippen MR) is 82.7 cm³/mol. The van der Waals surface area contributed by atoms with Crippen molar-refractivity contribution < 1.29 is 13.7 Å². The maximum atomic E-state index is 13.3. The van der Waals surface area contributed by atoms with E-state index in [1.54, 1.807) is 18.4 Å². The molecule has 1 unspecified atom stereocenters. The van der Waals surface area contributed by atoms with Gasteiger partial charge < -0.3 is 9.73 Å². The van der Waals surface area contributed by atoms with E-state index in [4.69, 9.17) is 28.2 Å². The quantitative estimate of drug-likeness (QED) is 0.842. The zero-order valence-electron chi connectivity index (χ0n) is 11.1. The molecule has 2 N–H and O–H groups in total. The lowest BCUT2D eigenvalue weighted by Crippen LogP contribution is -3.16. The van der Waals surface area contributed by atoms with Crippen molar-refractivity contribution in [1.82, 2.24) is 5.32 Å². The van der Waals surface area contributed by atoms with Gasteiger partial charge in [0.2, 0.25) is 0 Å². The molecule has 1 aliphatic heterocycles. The topological polar surface area (TPSA) is 32.9 Å². The smallest absolute Gasteiger partial charge is 0.182 e. The molecule has 0 radical (unpaired) electrons. The Hall–Kier alpha value is -1.63. The Bertz CT molecular complexity index is 650. The zero-order chi connectivity index (χ0) is 14.8. The molecule has 1 aromatic heterocycles. The molecule has 1 fully saturated rings. The van der Waals surface area contributed by atoms with Crippen LogP contribution in [-0.2, 0) is 6.54 Å². The number of thiocarbonyl (C=S) groups is 1. The van der Waals surface area contributed by atoms with Crippen molar-refractivity contribution in [2.24, 2.45) is 0 Å². The van der Waals surface area contributed by atoms with E-state index in [9.17, 15) is 4.39 Å². The Kier molecular flexibility index (Phi) is 4.10. The highest BCUT2D eigenvalue weighted by Gasteiger charge is 2.25. The summed E-state index contributed by atoms with van der Waals surface area (Å²) in [6, 6.07) is 8.42. The van der Waals surface area contributed by atoms with Gasteiger partial charge in [0, 0.05) is 0 Å². The van der Waals surface area contributed by atoms with E-state index >= 15 is 0 Å². The van der Waals surface area contributed by atoms with E-state index in [0.29, 0.717) is 18.4 Å². The lowest BCUT2D eigenvalue weighted by Gasteiger charge is -2.34. The maximum absolute atomic E-state index is 13.3. The highest BCUT2D eigenvalue weighted by Crippen LogP contribution is 2.22. The number of rotatable bonds is 3. The molecule has 4 nitrogen and oxygen atoms in total. The van der Waals surface area contributed by atoms with Gasteiger partial charge in [-0.3, -0.25) is 9.80 Å². The van der Waals surface area contributed by atoms with Crippen LogP contribution in [0, 0.1) is 5.82 Å². The van der Waals surface area contributed by atoms with Crippen LogP contribution in [0.2, 0.25) is 5.02 Å². The van der Waals surface area contributed by atoms with Crippen LogP contribution in [0.3, 0.4) is 0 Å². The molecule has 0 aliphatic carbocycles. The summed E-state index contributed by atoms with van der Waals surface area (Å²) in [5, 5.41) is 3.87. The molecule has 110 valence electrons. The second-order valence-corrected chi connectivity index (χ2v) is 5.64. The van der Waals surface area contributed by atoms with Gasteiger partial charge in [-0.15, -0.1) is 0 Å². The molecule has 2 aromatic rings. The molecule has 0 saturated carbocycles. The van der Waals surface area contributed by atoms with E-state index in [1.807, 2.05) is 17.0 Å². The van der Waals surface area contributed by atoms with E-state index in [0.717, 1.165) is 18.0 Å². The standard InChI is InChI=1S/C14H13ClFN3OS/c15-12-6-10(3-4-13(12)16)19-9-18(8-17-14(19)21)7-11-2-1-5-20-11/h1-6H,7-9H2,(H,17,21)/p+1. The molecular formula is C14H14ClFN3OS+. The summed E-state index contributed by atoms with van der Waals surface area (Å²) in [6.45, 7) is 2.12. The Morgan fingerprint density at radius 1 is 1.43 bits per heavy atom. The Morgan fingerprint density at radius 3 is 3.00 bits per heavy atom. The first-order chi connectivity index (χ1) is 10.1. The fourth-order valence-electron chi connectivity index (χ4n) is 2.29. The molecule has 0 bridgehead atoms.